The Bertz CT molecular complexity index is 844. The average molecular weight is 296 g/mol. The van der Waals surface area contributed by atoms with Gasteiger partial charge in [0.05, 0.1) is 11.0 Å². The normalized spacial score (nSPS) is 15.3. The lowest BCUT2D eigenvalue weighted by Gasteiger charge is -2.17. The van der Waals surface area contributed by atoms with Crippen LogP contribution in [0.2, 0.25) is 0 Å². The zero-order valence-electron chi connectivity index (χ0n) is 11.6. The van der Waals surface area contributed by atoms with Crippen LogP contribution in [0.5, 0.6) is 23.0 Å². The van der Waals surface area contributed by atoms with Gasteiger partial charge in [-0.1, -0.05) is 0 Å². The van der Waals surface area contributed by atoms with Gasteiger partial charge in [-0.05, 0) is 18.2 Å². The molecule has 0 amide bonds. The van der Waals surface area contributed by atoms with Crippen LogP contribution in [0.3, 0.4) is 0 Å². The molecule has 0 unspecified atom stereocenters. The van der Waals surface area contributed by atoms with Gasteiger partial charge in [0.2, 0.25) is 6.79 Å². The van der Waals surface area contributed by atoms with Crippen molar-refractivity contribution in [2.24, 2.45) is 0 Å². The van der Waals surface area contributed by atoms with Gasteiger partial charge in [-0.3, -0.25) is 0 Å². The van der Waals surface area contributed by atoms with Crippen molar-refractivity contribution in [3.63, 3.8) is 0 Å². The number of nitrogens with zero attached hydrogens (tertiary/aromatic N) is 1. The smallest absolute Gasteiger partial charge is 0.231 e. The lowest BCUT2D eigenvalue weighted by Crippen LogP contribution is -2.15. The quantitative estimate of drug-likeness (QED) is 0.748. The minimum Gasteiger partial charge on any atom is -0.486 e. The van der Waals surface area contributed by atoms with Crippen molar-refractivity contribution < 1.29 is 18.9 Å². The van der Waals surface area contributed by atoms with Gasteiger partial charge >= 0.3 is 0 Å². The Labute approximate surface area is 125 Å². The van der Waals surface area contributed by atoms with E-state index in [1.165, 1.54) is 0 Å². The van der Waals surface area contributed by atoms with Crippen LogP contribution in [0.4, 0.5) is 0 Å². The van der Waals surface area contributed by atoms with Crippen LogP contribution in [0, 0.1) is 0 Å². The standard InChI is InChI=1S/C16H12N2O4/c1-2-12-13(22-8-21-12)5-9(1)16-17-10-6-14-15(7-11(10)18-16)20-4-3-19-14/h1-2,5-7H,3-4,8H2,(H,17,18). The van der Waals surface area contributed by atoms with Gasteiger partial charge in [-0.25, -0.2) is 4.98 Å². The number of benzene rings is 2. The maximum atomic E-state index is 5.60. The van der Waals surface area contributed by atoms with Crippen LogP contribution in [0.25, 0.3) is 22.4 Å². The molecule has 0 bridgehead atoms. The maximum Gasteiger partial charge on any atom is 0.231 e. The first-order valence-electron chi connectivity index (χ1n) is 7.06. The number of ether oxygens (including phenoxy) is 4. The number of hydrogen-bond donors (Lipinski definition) is 1. The van der Waals surface area contributed by atoms with E-state index in [1.54, 1.807) is 0 Å². The Morgan fingerprint density at radius 3 is 2.50 bits per heavy atom. The van der Waals surface area contributed by atoms with Crippen LogP contribution in [-0.2, 0) is 0 Å². The van der Waals surface area contributed by atoms with Crippen LogP contribution < -0.4 is 18.9 Å². The summed E-state index contributed by atoms with van der Waals surface area (Å²) in [4.78, 5) is 7.94. The molecular weight excluding hydrogens is 284 g/mol. The van der Waals surface area contributed by atoms with E-state index < -0.39 is 0 Å². The molecule has 6 heteroatoms. The molecule has 5 rings (SSSR count). The van der Waals surface area contributed by atoms with Gasteiger partial charge in [-0.2, -0.15) is 0 Å². The third-order valence-corrected chi connectivity index (χ3v) is 3.79. The number of fused-ring (bicyclic) bond motifs is 3. The zero-order valence-corrected chi connectivity index (χ0v) is 11.6. The molecule has 0 atom stereocenters. The van der Waals surface area contributed by atoms with Crippen molar-refractivity contribution in [3.8, 4) is 34.4 Å². The number of aromatic nitrogens is 2. The molecule has 0 spiro atoms. The molecule has 110 valence electrons. The van der Waals surface area contributed by atoms with Gasteiger partial charge in [0, 0.05) is 17.7 Å². The second-order valence-corrected chi connectivity index (χ2v) is 5.17. The van der Waals surface area contributed by atoms with Crippen LogP contribution >= 0.6 is 0 Å². The van der Waals surface area contributed by atoms with E-state index in [0.29, 0.717) is 13.2 Å². The van der Waals surface area contributed by atoms with Crippen molar-refractivity contribution in [1.29, 1.82) is 0 Å². The molecule has 1 aromatic heterocycles. The van der Waals surface area contributed by atoms with E-state index in [0.717, 1.165) is 45.4 Å². The molecule has 0 radical (unpaired) electrons. The second kappa shape index (κ2) is 4.30. The summed E-state index contributed by atoms with van der Waals surface area (Å²) < 4.78 is 21.9. The summed E-state index contributed by atoms with van der Waals surface area (Å²) >= 11 is 0. The summed E-state index contributed by atoms with van der Waals surface area (Å²) in [5, 5.41) is 0. The maximum absolute atomic E-state index is 5.60. The molecule has 0 saturated carbocycles. The molecule has 2 aliphatic rings. The number of imidazole rings is 1. The summed E-state index contributed by atoms with van der Waals surface area (Å²) in [6.45, 7) is 1.40. The number of nitrogens with one attached hydrogen (secondary N) is 1. The molecular formula is C16H12N2O4. The summed E-state index contributed by atoms with van der Waals surface area (Å²) in [5.74, 6) is 3.76. The first-order chi connectivity index (χ1) is 10.9. The Kier molecular flexibility index (Phi) is 2.29. The van der Waals surface area contributed by atoms with Gasteiger partial charge in [0.25, 0.3) is 0 Å². The van der Waals surface area contributed by atoms with Crippen molar-refractivity contribution >= 4 is 11.0 Å². The van der Waals surface area contributed by atoms with Gasteiger partial charge in [0.15, 0.2) is 23.0 Å². The molecule has 2 aromatic carbocycles. The Morgan fingerprint density at radius 2 is 1.59 bits per heavy atom. The Balaban J connectivity index is 1.63. The van der Waals surface area contributed by atoms with Gasteiger partial charge in [-0.15, -0.1) is 0 Å². The van der Waals surface area contributed by atoms with E-state index in [1.807, 2.05) is 30.3 Å². The molecule has 2 aliphatic heterocycles. The highest BCUT2D eigenvalue weighted by molar-refractivity contribution is 5.83. The fourth-order valence-corrected chi connectivity index (χ4v) is 2.73. The third-order valence-electron chi connectivity index (χ3n) is 3.79. The van der Waals surface area contributed by atoms with Gasteiger partial charge in [0.1, 0.15) is 19.0 Å². The van der Waals surface area contributed by atoms with E-state index in [9.17, 15) is 0 Å². The van der Waals surface area contributed by atoms with Crippen molar-refractivity contribution in [3.05, 3.63) is 30.3 Å². The molecule has 0 aliphatic carbocycles. The lowest BCUT2D eigenvalue weighted by molar-refractivity contribution is 0.172. The minimum atomic E-state index is 0.264. The zero-order chi connectivity index (χ0) is 14.5. The van der Waals surface area contributed by atoms with Crippen LogP contribution in [-0.4, -0.2) is 30.0 Å². The number of hydrogen-bond acceptors (Lipinski definition) is 5. The third kappa shape index (κ3) is 1.70. The highest BCUT2D eigenvalue weighted by Gasteiger charge is 2.17. The van der Waals surface area contributed by atoms with Gasteiger partial charge < -0.3 is 23.9 Å². The second-order valence-electron chi connectivity index (χ2n) is 5.17. The minimum absolute atomic E-state index is 0.264. The van der Waals surface area contributed by atoms with E-state index >= 15 is 0 Å². The predicted octanol–water partition coefficient (Wildman–Crippen LogP) is 2.73. The summed E-state index contributed by atoms with van der Waals surface area (Å²) in [7, 11) is 0. The van der Waals surface area contributed by atoms with Crippen molar-refractivity contribution in [1.82, 2.24) is 9.97 Å². The van der Waals surface area contributed by atoms with E-state index in [-0.39, 0.29) is 6.79 Å². The molecule has 0 fully saturated rings. The largest absolute Gasteiger partial charge is 0.486 e. The number of H-pyrrole nitrogens is 1. The van der Waals surface area contributed by atoms with Crippen LogP contribution in [0.1, 0.15) is 0 Å². The van der Waals surface area contributed by atoms with E-state index in [2.05, 4.69) is 9.97 Å². The highest BCUT2D eigenvalue weighted by atomic mass is 16.7. The monoisotopic (exact) mass is 296 g/mol. The Morgan fingerprint density at radius 1 is 0.818 bits per heavy atom. The first-order valence-corrected chi connectivity index (χ1v) is 7.06. The fraction of sp³-hybridized carbons (Fsp3) is 0.188. The van der Waals surface area contributed by atoms with Crippen molar-refractivity contribution in [2.45, 2.75) is 0 Å². The first kappa shape index (κ1) is 11.7. The highest BCUT2D eigenvalue weighted by Crippen LogP contribution is 2.37. The predicted molar refractivity (Wildman–Crippen MR) is 78.6 cm³/mol. The summed E-state index contributed by atoms with van der Waals surface area (Å²) in [6, 6.07) is 9.59. The molecule has 0 saturated heterocycles. The fourth-order valence-electron chi connectivity index (χ4n) is 2.73. The van der Waals surface area contributed by atoms with E-state index in [4.69, 9.17) is 18.9 Å². The molecule has 1 N–H and O–H groups in total. The molecule has 6 nitrogen and oxygen atoms in total. The Hall–Kier alpha value is -2.89. The lowest BCUT2D eigenvalue weighted by atomic mass is 10.2. The summed E-state index contributed by atoms with van der Waals surface area (Å²) in [6.07, 6.45) is 0. The molecule has 22 heavy (non-hydrogen) atoms. The number of rotatable bonds is 1. The average Bonchev–Trinajstić information content (AvgIpc) is 3.17. The molecule has 3 aromatic rings. The van der Waals surface area contributed by atoms with Crippen molar-refractivity contribution in [2.75, 3.05) is 20.0 Å². The SMILES string of the molecule is c1cc2c(cc1-c1nc3cc4c(cc3[nH]1)OCCO4)OCO2. The van der Waals surface area contributed by atoms with Crippen LogP contribution in [0.15, 0.2) is 30.3 Å². The topological polar surface area (TPSA) is 65.6 Å². The molecule has 3 heterocycles. The summed E-state index contributed by atoms with van der Waals surface area (Å²) in [5.41, 5.74) is 2.70. The number of aromatic amines is 1.